The Balaban J connectivity index is 2.01. The molecule has 0 bridgehead atoms. The summed E-state index contributed by atoms with van der Waals surface area (Å²) >= 11 is 1.73. The second-order valence-electron chi connectivity index (χ2n) is 4.31. The third kappa shape index (κ3) is 1.24. The summed E-state index contributed by atoms with van der Waals surface area (Å²) in [5.74, 6) is 0.0167. The standard InChI is InChI=1S/C14H10N2OS/c17-14-9-4-3-7-12-13(9)16(8-15-14)10-5-1-2-6-11(10)18-12/h1-7H,8H2,(H,15,17). The molecule has 4 heteroatoms. The molecule has 88 valence electrons. The monoisotopic (exact) mass is 254 g/mol. The van der Waals surface area contributed by atoms with Crippen LogP contribution in [0.15, 0.2) is 52.3 Å². The highest BCUT2D eigenvalue weighted by molar-refractivity contribution is 7.99. The van der Waals surface area contributed by atoms with E-state index in [0.29, 0.717) is 6.67 Å². The molecule has 0 radical (unpaired) electrons. The number of hydrogen-bond donors (Lipinski definition) is 1. The maximum Gasteiger partial charge on any atom is 0.254 e. The molecule has 4 rings (SSSR count). The number of nitrogens with zero attached hydrogens (tertiary/aromatic N) is 1. The van der Waals surface area contributed by atoms with Crippen LogP contribution in [0.2, 0.25) is 0 Å². The Morgan fingerprint density at radius 2 is 1.89 bits per heavy atom. The van der Waals surface area contributed by atoms with Crippen LogP contribution in [0.1, 0.15) is 10.4 Å². The van der Waals surface area contributed by atoms with Gasteiger partial charge in [-0.1, -0.05) is 30.0 Å². The lowest BCUT2D eigenvalue weighted by Crippen LogP contribution is -2.42. The van der Waals surface area contributed by atoms with Gasteiger partial charge in [-0.05, 0) is 24.3 Å². The molecule has 0 aliphatic carbocycles. The second-order valence-corrected chi connectivity index (χ2v) is 5.40. The van der Waals surface area contributed by atoms with Gasteiger partial charge in [-0.2, -0.15) is 0 Å². The molecular weight excluding hydrogens is 244 g/mol. The van der Waals surface area contributed by atoms with E-state index in [2.05, 4.69) is 28.4 Å². The van der Waals surface area contributed by atoms with E-state index < -0.39 is 0 Å². The van der Waals surface area contributed by atoms with Gasteiger partial charge in [-0.15, -0.1) is 0 Å². The summed E-state index contributed by atoms with van der Waals surface area (Å²) in [6.07, 6.45) is 0. The summed E-state index contributed by atoms with van der Waals surface area (Å²) in [5, 5.41) is 2.92. The highest BCUT2D eigenvalue weighted by Gasteiger charge is 2.31. The van der Waals surface area contributed by atoms with Gasteiger partial charge in [0.05, 0.1) is 23.6 Å². The van der Waals surface area contributed by atoms with Gasteiger partial charge in [-0.3, -0.25) is 4.79 Å². The van der Waals surface area contributed by atoms with Crippen LogP contribution in [0.5, 0.6) is 0 Å². The molecule has 0 unspecified atom stereocenters. The van der Waals surface area contributed by atoms with Crippen molar-refractivity contribution in [3.05, 3.63) is 48.0 Å². The molecule has 2 aliphatic rings. The number of nitrogens with one attached hydrogen (secondary N) is 1. The largest absolute Gasteiger partial charge is 0.334 e. The molecule has 0 saturated heterocycles. The topological polar surface area (TPSA) is 32.3 Å². The number of rotatable bonds is 0. The number of benzene rings is 2. The molecule has 3 nitrogen and oxygen atoms in total. The molecule has 2 aliphatic heterocycles. The van der Waals surface area contributed by atoms with E-state index in [1.165, 1.54) is 10.6 Å². The maximum absolute atomic E-state index is 11.9. The number of anilines is 2. The first kappa shape index (κ1) is 10.0. The molecule has 0 aromatic heterocycles. The van der Waals surface area contributed by atoms with Gasteiger partial charge in [0.1, 0.15) is 0 Å². The summed E-state index contributed by atoms with van der Waals surface area (Å²) in [6.45, 7) is 0.542. The Labute approximate surface area is 109 Å². The fraction of sp³-hybridized carbons (Fsp3) is 0.0714. The van der Waals surface area contributed by atoms with Crippen molar-refractivity contribution in [3.63, 3.8) is 0 Å². The Hall–Kier alpha value is -1.94. The summed E-state index contributed by atoms with van der Waals surface area (Å²) in [7, 11) is 0. The van der Waals surface area contributed by atoms with Gasteiger partial charge in [0, 0.05) is 9.79 Å². The van der Waals surface area contributed by atoms with Crippen LogP contribution in [0.4, 0.5) is 11.4 Å². The number of fused-ring (bicyclic) bond motifs is 2. The Morgan fingerprint density at radius 1 is 1.06 bits per heavy atom. The van der Waals surface area contributed by atoms with Crippen molar-refractivity contribution < 1.29 is 4.79 Å². The zero-order valence-electron chi connectivity index (χ0n) is 9.51. The first-order valence-electron chi connectivity index (χ1n) is 5.80. The molecular formula is C14H10N2OS. The van der Waals surface area contributed by atoms with E-state index in [-0.39, 0.29) is 5.91 Å². The lowest BCUT2D eigenvalue weighted by atomic mass is 10.1. The fourth-order valence-corrected chi connectivity index (χ4v) is 3.61. The molecule has 1 amide bonds. The van der Waals surface area contributed by atoms with E-state index >= 15 is 0 Å². The summed E-state index contributed by atoms with van der Waals surface area (Å²) < 4.78 is 0. The van der Waals surface area contributed by atoms with Crippen molar-refractivity contribution in [2.45, 2.75) is 9.79 Å². The number of hydrogen-bond acceptors (Lipinski definition) is 3. The van der Waals surface area contributed by atoms with E-state index in [1.807, 2.05) is 24.3 Å². The van der Waals surface area contributed by atoms with E-state index in [1.54, 1.807) is 11.8 Å². The van der Waals surface area contributed by atoms with Crippen molar-refractivity contribution in [1.82, 2.24) is 5.32 Å². The zero-order valence-corrected chi connectivity index (χ0v) is 10.3. The minimum Gasteiger partial charge on any atom is -0.334 e. The molecule has 18 heavy (non-hydrogen) atoms. The third-order valence-electron chi connectivity index (χ3n) is 3.29. The van der Waals surface area contributed by atoms with Crippen molar-refractivity contribution in [2.24, 2.45) is 0 Å². The predicted octanol–water partition coefficient (Wildman–Crippen LogP) is 2.99. The van der Waals surface area contributed by atoms with Crippen LogP contribution in [-0.4, -0.2) is 12.6 Å². The van der Waals surface area contributed by atoms with E-state index in [4.69, 9.17) is 0 Å². The summed E-state index contributed by atoms with van der Waals surface area (Å²) in [5.41, 5.74) is 2.98. The van der Waals surface area contributed by atoms with Crippen LogP contribution in [-0.2, 0) is 0 Å². The Kier molecular flexibility index (Phi) is 1.96. The van der Waals surface area contributed by atoms with E-state index in [0.717, 1.165) is 16.1 Å². The molecule has 2 aromatic carbocycles. The van der Waals surface area contributed by atoms with Gasteiger partial charge in [0.25, 0.3) is 5.91 Å². The van der Waals surface area contributed by atoms with Gasteiger partial charge < -0.3 is 10.2 Å². The lowest BCUT2D eigenvalue weighted by molar-refractivity contribution is 0.0949. The third-order valence-corrected chi connectivity index (χ3v) is 4.40. The Morgan fingerprint density at radius 3 is 2.83 bits per heavy atom. The molecule has 2 aromatic rings. The van der Waals surface area contributed by atoms with E-state index in [9.17, 15) is 4.79 Å². The van der Waals surface area contributed by atoms with Crippen molar-refractivity contribution in [1.29, 1.82) is 0 Å². The first-order chi connectivity index (χ1) is 8.84. The minimum atomic E-state index is 0.0167. The molecule has 0 fully saturated rings. The quantitative estimate of drug-likeness (QED) is 0.784. The van der Waals surface area contributed by atoms with Crippen LogP contribution in [0, 0.1) is 0 Å². The zero-order chi connectivity index (χ0) is 12.1. The first-order valence-corrected chi connectivity index (χ1v) is 6.62. The average Bonchev–Trinajstić information content (AvgIpc) is 2.42. The van der Waals surface area contributed by atoms with Gasteiger partial charge in [-0.25, -0.2) is 0 Å². The molecule has 0 spiro atoms. The van der Waals surface area contributed by atoms with Crippen LogP contribution < -0.4 is 10.2 Å². The van der Waals surface area contributed by atoms with Crippen LogP contribution >= 0.6 is 11.8 Å². The number of carbonyl (C=O) groups excluding carboxylic acids is 1. The minimum absolute atomic E-state index is 0.0167. The molecule has 0 atom stereocenters. The number of carbonyl (C=O) groups is 1. The average molecular weight is 254 g/mol. The predicted molar refractivity (Wildman–Crippen MR) is 71.5 cm³/mol. The fourth-order valence-electron chi connectivity index (χ4n) is 2.48. The van der Waals surface area contributed by atoms with Crippen LogP contribution in [0.3, 0.4) is 0 Å². The van der Waals surface area contributed by atoms with Crippen molar-refractivity contribution in [2.75, 3.05) is 11.6 Å². The number of amides is 1. The highest BCUT2D eigenvalue weighted by Crippen LogP contribution is 2.49. The van der Waals surface area contributed by atoms with Gasteiger partial charge in [0.15, 0.2) is 0 Å². The SMILES string of the molecule is O=C1NCN2c3ccccc3Sc3cccc1c32. The molecule has 2 heterocycles. The summed E-state index contributed by atoms with van der Waals surface area (Å²) in [4.78, 5) is 16.5. The summed E-state index contributed by atoms with van der Waals surface area (Å²) in [6, 6.07) is 14.2. The molecule has 0 saturated carbocycles. The van der Waals surface area contributed by atoms with Crippen LogP contribution in [0.25, 0.3) is 0 Å². The lowest BCUT2D eigenvalue weighted by Gasteiger charge is -2.37. The number of para-hydroxylation sites is 2. The molecule has 1 N–H and O–H groups in total. The highest BCUT2D eigenvalue weighted by atomic mass is 32.2. The smallest absolute Gasteiger partial charge is 0.254 e. The maximum atomic E-state index is 11.9. The van der Waals surface area contributed by atoms with Crippen molar-refractivity contribution in [3.8, 4) is 0 Å². The normalized spacial score (nSPS) is 15.8. The Bertz CT molecular complexity index is 669. The van der Waals surface area contributed by atoms with Crippen molar-refractivity contribution >= 4 is 29.0 Å². The van der Waals surface area contributed by atoms with Gasteiger partial charge in [0.2, 0.25) is 0 Å². The second kappa shape index (κ2) is 3.53. The van der Waals surface area contributed by atoms with Gasteiger partial charge >= 0.3 is 0 Å².